The van der Waals surface area contributed by atoms with Gasteiger partial charge in [0, 0.05) is 23.1 Å². The van der Waals surface area contributed by atoms with Gasteiger partial charge < -0.3 is 15.0 Å². The van der Waals surface area contributed by atoms with Crippen molar-refractivity contribution in [2.24, 2.45) is 11.3 Å². The molecule has 196 valence electrons. The van der Waals surface area contributed by atoms with Crippen molar-refractivity contribution in [2.75, 3.05) is 0 Å². The minimum Gasteiger partial charge on any atom is -0.465 e. The summed E-state index contributed by atoms with van der Waals surface area (Å²) in [5.74, 6) is 0.153. The average molecular weight is 529 g/mol. The van der Waals surface area contributed by atoms with Gasteiger partial charge in [0.15, 0.2) is 0 Å². The molecule has 2 aromatic heterocycles. The van der Waals surface area contributed by atoms with Crippen LogP contribution in [0.15, 0.2) is 53.3 Å². The van der Waals surface area contributed by atoms with Gasteiger partial charge >= 0.3 is 6.09 Å². The molecule has 1 amide bonds. The zero-order valence-corrected chi connectivity index (χ0v) is 23.3. The standard InChI is InChI=1S/C30H32N4O3S/c1-17(2)16-34-25(26(30(4,5)6)33-29(36)37)24(19-10-8-7-9-11-19)22-14-20(12-13-21(22)28(34)35)27-32-18(3)23(15-31)38-27/h7-14,17,26,33H,16H2,1-6H3,(H,36,37). The van der Waals surface area contributed by atoms with E-state index in [9.17, 15) is 20.0 Å². The molecule has 0 bridgehead atoms. The van der Waals surface area contributed by atoms with Crippen LogP contribution in [0.3, 0.4) is 0 Å². The molecule has 2 N–H and O–H groups in total. The normalized spacial score (nSPS) is 12.5. The fourth-order valence-electron chi connectivity index (χ4n) is 4.80. The van der Waals surface area contributed by atoms with Gasteiger partial charge in [0.05, 0.1) is 17.4 Å². The fourth-order valence-corrected chi connectivity index (χ4v) is 5.66. The number of nitriles is 1. The fraction of sp³-hybridized carbons (Fsp3) is 0.333. The number of pyridine rings is 1. The number of thiazole rings is 1. The molecule has 0 saturated carbocycles. The molecule has 2 aromatic carbocycles. The zero-order valence-electron chi connectivity index (χ0n) is 22.5. The van der Waals surface area contributed by atoms with Crippen molar-refractivity contribution in [3.8, 4) is 27.8 Å². The minimum absolute atomic E-state index is 0.153. The number of nitrogens with one attached hydrogen (secondary N) is 1. The Labute approximate surface area is 226 Å². The van der Waals surface area contributed by atoms with Crippen LogP contribution in [-0.4, -0.2) is 20.8 Å². The molecule has 1 atom stereocenters. The smallest absolute Gasteiger partial charge is 0.405 e. The molecule has 0 fully saturated rings. The van der Waals surface area contributed by atoms with E-state index in [2.05, 4.69) is 16.4 Å². The maximum absolute atomic E-state index is 14.1. The first-order valence-corrected chi connectivity index (χ1v) is 13.4. The lowest BCUT2D eigenvalue weighted by atomic mass is 9.80. The second-order valence-electron chi connectivity index (χ2n) is 11.0. The number of benzene rings is 2. The number of nitrogens with zero attached hydrogens (tertiary/aromatic N) is 3. The topological polar surface area (TPSA) is 108 Å². The van der Waals surface area contributed by atoms with E-state index in [1.54, 1.807) is 4.57 Å². The second-order valence-corrected chi connectivity index (χ2v) is 12.0. The van der Waals surface area contributed by atoms with Crippen LogP contribution in [0, 0.1) is 29.6 Å². The largest absolute Gasteiger partial charge is 0.465 e. The van der Waals surface area contributed by atoms with Crippen LogP contribution in [0.2, 0.25) is 0 Å². The molecule has 8 heteroatoms. The number of amides is 1. The van der Waals surface area contributed by atoms with Crippen molar-refractivity contribution < 1.29 is 9.90 Å². The van der Waals surface area contributed by atoms with E-state index in [-0.39, 0.29) is 11.5 Å². The van der Waals surface area contributed by atoms with Crippen LogP contribution in [0.1, 0.15) is 56.9 Å². The molecule has 4 aromatic rings. The number of aromatic nitrogens is 2. The van der Waals surface area contributed by atoms with Gasteiger partial charge in [-0.15, -0.1) is 11.3 Å². The molecule has 38 heavy (non-hydrogen) atoms. The van der Waals surface area contributed by atoms with Crippen molar-refractivity contribution in [2.45, 2.75) is 54.1 Å². The maximum Gasteiger partial charge on any atom is 0.405 e. The summed E-state index contributed by atoms with van der Waals surface area (Å²) < 4.78 is 1.75. The van der Waals surface area contributed by atoms with Gasteiger partial charge in [0.25, 0.3) is 5.56 Å². The van der Waals surface area contributed by atoms with Crippen molar-refractivity contribution >= 4 is 28.2 Å². The van der Waals surface area contributed by atoms with Gasteiger partial charge in [-0.3, -0.25) is 4.79 Å². The van der Waals surface area contributed by atoms with E-state index in [1.165, 1.54) is 11.3 Å². The first-order valence-electron chi connectivity index (χ1n) is 12.6. The van der Waals surface area contributed by atoms with Gasteiger partial charge in [-0.2, -0.15) is 5.26 Å². The number of hydrogen-bond acceptors (Lipinski definition) is 5. The third kappa shape index (κ3) is 5.20. The van der Waals surface area contributed by atoms with Crippen LogP contribution < -0.4 is 10.9 Å². The van der Waals surface area contributed by atoms with E-state index in [0.717, 1.165) is 22.1 Å². The summed E-state index contributed by atoms with van der Waals surface area (Å²) in [6.45, 7) is 12.2. The summed E-state index contributed by atoms with van der Waals surface area (Å²) in [5, 5.41) is 24.0. The molecule has 1 unspecified atom stereocenters. The predicted molar refractivity (Wildman–Crippen MR) is 152 cm³/mol. The summed E-state index contributed by atoms with van der Waals surface area (Å²) in [6.07, 6.45) is -1.15. The molecule has 4 rings (SSSR count). The predicted octanol–water partition coefficient (Wildman–Crippen LogP) is 6.98. The highest BCUT2D eigenvalue weighted by molar-refractivity contribution is 7.15. The van der Waals surface area contributed by atoms with Crippen molar-refractivity contribution in [3.05, 3.63) is 75.1 Å². The highest BCUT2D eigenvalue weighted by Crippen LogP contribution is 2.42. The second kappa shape index (κ2) is 10.4. The van der Waals surface area contributed by atoms with Gasteiger partial charge in [-0.1, -0.05) is 71.0 Å². The molecule has 0 aliphatic rings. The minimum atomic E-state index is -1.15. The lowest BCUT2D eigenvalue weighted by Crippen LogP contribution is -2.40. The SMILES string of the molecule is Cc1nc(-c2ccc3c(=O)n(CC(C)C)c(C(NC(=O)O)C(C)(C)C)c(-c4ccccc4)c3c2)sc1C#N. The molecule has 0 spiro atoms. The highest BCUT2D eigenvalue weighted by atomic mass is 32.1. The summed E-state index contributed by atoms with van der Waals surface area (Å²) >= 11 is 1.32. The van der Waals surface area contributed by atoms with Crippen molar-refractivity contribution in [3.63, 3.8) is 0 Å². The third-order valence-electron chi connectivity index (χ3n) is 6.47. The molecule has 7 nitrogen and oxygen atoms in total. The first kappa shape index (κ1) is 27.1. The number of carboxylic acid groups (broad SMARTS) is 1. The molecular formula is C30H32N4O3S. The molecule has 0 radical (unpaired) electrons. The monoisotopic (exact) mass is 528 g/mol. The van der Waals surface area contributed by atoms with E-state index < -0.39 is 17.6 Å². The van der Waals surface area contributed by atoms with Crippen molar-refractivity contribution in [1.82, 2.24) is 14.9 Å². The van der Waals surface area contributed by atoms with Crippen LogP contribution in [-0.2, 0) is 6.54 Å². The molecule has 2 heterocycles. The lowest BCUT2D eigenvalue weighted by molar-refractivity contribution is 0.172. The highest BCUT2D eigenvalue weighted by Gasteiger charge is 2.34. The van der Waals surface area contributed by atoms with Gasteiger partial charge in [0.2, 0.25) is 0 Å². The number of fused-ring (bicyclic) bond motifs is 1. The Hall–Kier alpha value is -3.96. The Morgan fingerprint density at radius 2 is 1.82 bits per heavy atom. The number of hydrogen-bond donors (Lipinski definition) is 2. The molecule has 0 aliphatic carbocycles. The maximum atomic E-state index is 14.1. The van der Waals surface area contributed by atoms with E-state index in [4.69, 9.17) is 0 Å². The van der Waals surface area contributed by atoms with Gasteiger partial charge in [0.1, 0.15) is 16.0 Å². The van der Waals surface area contributed by atoms with Crippen LogP contribution >= 0.6 is 11.3 Å². The average Bonchev–Trinajstić information content (AvgIpc) is 3.24. The van der Waals surface area contributed by atoms with Crippen LogP contribution in [0.4, 0.5) is 4.79 Å². The third-order valence-corrected chi connectivity index (χ3v) is 7.59. The van der Waals surface area contributed by atoms with Crippen molar-refractivity contribution in [1.29, 1.82) is 5.26 Å². The molecule has 0 saturated heterocycles. The number of aryl methyl sites for hydroxylation is 1. The summed E-state index contributed by atoms with van der Waals surface area (Å²) in [7, 11) is 0. The number of carbonyl (C=O) groups is 1. The lowest BCUT2D eigenvalue weighted by Gasteiger charge is -2.35. The van der Waals surface area contributed by atoms with Gasteiger partial charge in [-0.25, -0.2) is 9.78 Å². The van der Waals surface area contributed by atoms with E-state index >= 15 is 0 Å². The van der Waals surface area contributed by atoms with Crippen LogP contribution in [0.25, 0.3) is 32.5 Å². The molecular weight excluding hydrogens is 496 g/mol. The van der Waals surface area contributed by atoms with E-state index in [0.29, 0.717) is 33.2 Å². The Balaban J connectivity index is 2.19. The zero-order chi connectivity index (χ0) is 27.8. The summed E-state index contributed by atoms with van der Waals surface area (Å²) in [5.41, 5.74) is 3.11. The Morgan fingerprint density at radius 1 is 1.13 bits per heavy atom. The van der Waals surface area contributed by atoms with Crippen LogP contribution in [0.5, 0.6) is 0 Å². The number of rotatable bonds is 6. The Bertz CT molecular complexity index is 1610. The van der Waals surface area contributed by atoms with E-state index in [1.807, 2.05) is 90.1 Å². The quantitative estimate of drug-likeness (QED) is 0.281. The van der Waals surface area contributed by atoms with Gasteiger partial charge in [-0.05, 0) is 41.3 Å². The summed E-state index contributed by atoms with van der Waals surface area (Å²) in [4.78, 5) is 31.2. The molecule has 0 aliphatic heterocycles. The Kier molecular flexibility index (Phi) is 7.43. The summed E-state index contributed by atoms with van der Waals surface area (Å²) in [6, 6.07) is 16.9. The Morgan fingerprint density at radius 3 is 2.37 bits per heavy atom. The first-order chi connectivity index (χ1) is 17.9.